The highest BCUT2D eigenvalue weighted by Crippen LogP contribution is 2.34. The number of hydrogen-bond donors (Lipinski definition) is 0. The van der Waals surface area contributed by atoms with Crippen molar-refractivity contribution in [3.8, 4) is 11.1 Å². The number of aryl methyl sites for hydroxylation is 1. The first-order valence-electron chi connectivity index (χ1n) is 5.91. The van der Waals surface area contributed by atoms with Gasteiger partial charge in [0.1, 0.15) is 0 Å². The van der Waals surface area contributed by atoms with Crippen LogP contribution in [0.3, 0.4) is 0 Å². The lowest BCUT2D eigenvalue weighted by molar-refractivity contribution is -0.137. The lowest BCUT2D eigenvalue weighted by Crippen LogP contribution is -2.06. The Morgan fingerprint density at radius 2 is 1.60 bits per heavy atom. The van der Waals surface area contributed by atoms with Crippen LogP contribution in [0, 0.1) is 6.92 Å². The highest BCUT2D eigenvalue weighted by Gasteiger charge is 2.31. The standard InChI is InChI=1S/C15H13F3OS/c1-10-3-5-11(6-4-10)13-8-7-12(15(16,17)18)9-14(13)20(2)19/h3-9H,1-2H3. The fourth-order valence-corrected chi connectivity index (χ4v) is 2.70. The number of hydrogen-bond acceptors (Lipinski definition) is 1. The molecule has 0 aliphatic heterocycles. The number of benzene rings is 2. The second-order valence-corrected chi connectivity index (χ2v) is 5.88. The van der Waals surface area contributed by atoms with Crippen molar-refractivity contribution >= 4 is 10.8 Å². The van der Waals surface area contributed by atoms with Crippen LogP contribution in [-0.2, 0) is 17.0 Å². The molecule has 0 amide bonds. The van der Waals surface area contributed by atoms with Gasteiger partial charge in [-0.1, -0.05) is 35.9 Å². The van der Waals surface area contributed by atoms with Gasteiger partial charge in [-0.05, 0) is 30.2 Å². The molecule has 1 atom stereocenters. The van der Waals surface area contributed by atoms with Gasteiger partial charge in [0, 0.05) is 11.2 Å². The Labute approximate surface area is 117 Å². The Kier molecular flexibility index (Phi) is 3.99. The Hall–Kier alpha value is -1.62. The lowest BCUT2D eigenvalue weighted by Gasteiger charge is -2.12. The minimum atomic E-state index is -4.43. The van der Waals surface area contributed by atoms with Gasteiger partial charge in [-0.2, -0.15) is 13.2 Å². The van der Waals surface area contributed by atoms with Crippen LogP contribution in [0.2, 0.25) is 0 Å². The van der Waals surface area contributed by atoms with Crippen molar-refractivity contribution in [3.63, 3.8) is 0 Å². The zero-order valence-electron chi connectivity index (χ0n) is 11.0. The maximum atomic E-state index is 12.7. The van der Waals surface area contributed by atoms with Crippen LogP contribution in [0.1, 0.15) is 11.1 Å². The Bertz CT molecular complexity index is 645. The lowest BCUT2D eigenvalue weighted by atomic mass is 10.0. The predicted octanol–water partition coefficient (Wildman–Crippen LogP) is 4.42. The fraction of sp³-hybridized carbons (Fsp3) is 0.200. The zero-order valence-corrected chi connectivity index (χ0v) is 11.8. The van der Waals surface area contributed by atoms with Gasteiger partial charge in [0.15, 0.2) is 0 Å². The van der Waals surface area contributed by atoms with Crippen molar-refractivity contribution in [2.45, 2.75) is 18.0 Å². The SMILES string of the molecule is Cc1ccc(-c2ccc(C(F)(F)F)cc2S(C)=O)cc1. The van der Waals surface area contributed by atoms with Crippen molar-refractivity contribution in [2.24, 2.45) is 0 Å². The second-order valence-electron chi connectivity index (χ2n) is 4.53. The molecule has 0 N–H and O–H groups in total. The second kappa shape index (κ2) is 5.40. The molecule has 0 spiro atoms. The summed E-state index contributed by atoms with van der Waals surface area (Å²) in [6, 6.07) is 10.7. The van der Waals surface area contributed by atoms with E-state index in [-0.39, 0.29) is 4.90 Å². The van der Waals surface area contributed by atoms with Gasteiger partial charge in [0.2, 0.25) is 0 Å². The summed E-state index contributed by atoms with van der Waals surface area (Å²) < 4.78 is 49.9. The van der Waals surface area contributed by atoms with Gasteiger partial charge < -0.3 is 0 Å². The largest absolute Gasteiger partial charge is 0.416 e. The summed E-state index contributed by atoms with van der Waals surface area (Å²) in [5.74, 6) is 0. The highest BCUT2D eigenvalue weighted by atomic mass is 32.2. The molecule has 2 rings (SSSR count). The van der Waals surface area contributed by atoms with E-state index < -0.39 is 22.5 Å². The first-order chi connectivity index (χ1) is 9.29. The van der Waals surface area contributed by atoms with E-state index >= 15 is 0 Å². The maximum absolute atomic E-state index is 12.7. The van der Waals surface area contributed by atoms with Crippen LogP contribution in [0.15, 0.2) is 47.4 Å². The van der Waals surface area contributed by atoms with E-state index in [9.17, 15) is 17.4 Å². The molecule has 2 aromatic carbocycles. The molecule has 0 aliphatic rings. The van der Waals surface area contributed by atoms with Crippen LogP contribution in [0.4, 0.5) is 13.2 Å². The Morgan fingerprint density at radius 1 is 1.00 bits per heavy atom. The molecule has 0 bridgehead atoms. The summed E-state index contributed by atoms with van der Waals surface area (Å²) in [5, 5.41) is 0. The molecule has 0 aromatic heterocycles. The first-order valence-corrected chi connectivity index (χ1v) is 7.46. The van der Waals surface area contributed by atoms with Crippen molar-refractivity contribution in [1.82, 2.24) is 0 Å². The quantitative estimate of drug-likeness (QED) is 0.802. The van der Waals surface area contributed by atoms with Crippen LogP contribution >= 0.6 is 0 Å². The van der Waals surface area contributed by atoms with Crippen molar-refractivity contribution in [3.05, 3.63) is 53.6 Å². The molecule has 1 unspecified atom stereocenters. The summed E-state index contributed by atoms with van der Waals surface area (Å²) >= 11 is 0. The van der Waals surface area contributed by atoms with E-state index in [1.807, 2.05) is 31.2 Å². The normalized spacial score (nSPS) is 13.2. The molecule has 2 aromatic rings. The molecular weight excluding hydrogens is 285 g/mol. The molecule has 5 heteroatoms. The highest BCUT2D eigenvalue weighted by molar-refractivity contribution is 7.84. The molecule has 0 radical (unpaired) electrons. The third-order valence-corrected chi connectivity index (χ3v) is 3.94. The molecule has 1 nitrogen and oxygen atoms in total. The topological polar surface area (TPSA) is 17.1 Å². The molecule has 20 heavy (non-hydrogen) atoms. The van der Waals surface area contributed by atoms with Gasteiger partial charge in [-0.3, -0.25) is 4.21 Å². The van der Waals surface area contributed by atoms with Gasteiger partial charge in [0.25, 0.3) is 0 Å². The van der Waals surface area contributed by atoms with Crippen LogP contribution < -0.4 is 0 Å². The van der Waals surface area contributed by atoms with Gasteiger partial charge in [0.05, 0.1) is 16.4 Å². The molecular formula is C15H13F3OS. The average Bonchev–Trinajstić information content (AvgIpc) is 2.38. The van der Waals surface area contributed by atoms with Crippen molar-refractivity contribution < 1.29 is 17.4 Å². The molecule has 0 aliphatic carbocycles. The van der Waals surface area contributed by atoms with Gasteiger partial charge >= 0.3 is 6.18 Å². The summed E-state index contributed by atoms with van der Waals surface area (Å²) in [4.78, 5) is 0.198. The monoisotopic (exact) mass is 298 g/mol. The van der Waals surface area contributed by atoms with Crippen LogP contribution in [0.5, 0.6) is 0 Å². The van der Waals surface area contributed by atoms with E-state index in [2.05, 4.69) is 0 Å². The molecule has 0 saturated carbocycles. The summed E-state index contributed by atoms with van der Waals surface area (Å²) in [7, 11) is -1.49. The smallest absolute Gasteiger partial charge is 0.255 e. The van der Waals surface area contributed by atoms with Crippen LogP contribution in [0.25, 0.3) is 11.1 Å². The minimum Gasteiger partial charge on any atom is -0.255 e. The number of rotatable bonds is 2. The molecule has 0 saturated heterocycles. The van der Waals surface area contributed by atoms with Gasteiger partial charge in [-0.25, -0.2) is 0 Å². The molecule has 0 fully saturated rings. The van der Waals surface area contributed by atoms with Crippen LogP contribution in [-0.4, -0.2) is 10.5 Å². The zero-order chi connectivity index (χ0) is 14.9. The third-order valence-electron chi connectivity index (χ3n) is 2.98. The molecule has 106 valence electrons. The first kappa shape index (κ1) is 14.8. The van der Waals surface area contributed by atoms with E-state index in [4.69, 9.17) is 0 Å². The fourth-order valence-electron chi connectivity index (χ4n) is 1.91. The maximum Gasteiger partial charge on any atom is 0.416 e. The average molecular weight is 298 g/mol. The summed E-state index contributed by atoms with van der Waals surface area (Å²) in [6.07, 6.45) is -3.05. The predicted molar refractivity (Wildman–Crippen MR) is 73.9 cm³/mol. The van der Waals surface area contributed by atoms with E-state index in [1.165, 1.54) is 12.3 Å². The van der Waals surface area contributed by atoms with Crippen molar-refractivity contribution in [1.29, 1.82) is 0 Å². The van der Waals surface area contributed by atoms with Gasteiger partial charge in [-0.15, -0.1) is 0 Å². The minimum absolute atomic E-state index is 0.198. The van der Waals surface area contributed by atoms with E-state index in [0.29, 0.717) is 5.56 Å². The van der Waals surface area contributed by atoms with Crippen molar-refractivity contribution in [2.75, 3.05) is 6.26 Å². The van der Waals surface area contributed by atoms with E-state index in [0.717, 1.165) is 23.3 Å². The van der Waals surface area contributed by atoms with E-state index in [1.54, 1.807) is 0 Å². The summed E-state index contributed by atoms with van der Waals surface area (Å²) in [5.41, 5.74) is 1.60. The number of alkyl halides is 3. The Balaban J connectivity index is 2.59. The Morgan fingerprint density at radius 3 is 2.10 bits per heavy atom. The number of halogens is 3. The third kappa shape index (κ3) is 3.10. The summed E-state index contributed by atoms with van der Waals surface area (Å²) in [6.45, 7) is 1.93. The molecule has 0 heterocycles.